The Labute approximate surface area is 112 Å². The lowest BCUT2D eigenvalue weighted by Gasteiger charge is -2.14. The number of hydrogen-bond donors (Lipinski definition) is 0. The lowest BCUT2D eigenvalue weighted by Crippen LogP contribution is -2.22. The molecule has 1 aromatic heterocycles. The molecule has 2 rings (SSSR count). The van der Waals surface area contributed by atoms with Crippen molar-refractivity contribution in [2.75, 3.05) is 27.3 Å². The molecular weight excluding hydrogens is 250 g/mol. The van der Waals surface area contributed by atoms with E-state index in [0.717, 1.165) is 41.3 Å². The van der Waals surface area contributed by atoms with E-state index < -0.39 is 0 Å². The molecule has 1 aromatic carbocycles. The summed E-state index contributed by atoms with van der Waals surface area (Å²) >= 11 is 6.27. The van der Waals surface area contributed by atoms with Crippen LogP contribution in [-0.2, 0) is 18.3 Å². The zero-order valence-corrected chi connectivity index (χ0v) is 11.7. The van der Waals surface area contributed by atoms with Crippen LogP contribution in [0.4, 0.5) is 0 Å². The van der Waals surface area contributed by atoms with E-state index in [1.165, 1.54) is 0 Å². The molecule has 0 N–H and O–H groups in total. The molecule has 0 amide bonds. The van der Waals surface area contributed by atoms with Gasteiger partial charge < -0.3 is 4.74 Å². The van der Waals surface area contributed by atoms with E-state index in [1.807, 2.05) is 29.9 Å². The molecule has 98 valence electrons. The molecule has 18 heavy (non-hydrogen) atoms. The van der Waals surface area contributed by atoms with Crippen LogP contribution < -0.4 is 0 Å². The summed E-state index contributed by atoms with van der Waals surface area (Å²) in [5.74, 6) is 0. The topological polar surface area (TPSA) is 30.3 Å². The normalized spacial score (nSPS) is 11.6. The van der Waals surface area contributed by atoms with Crippen LogP contribution in [0.25, 0.3) is 10.9 Å². The molecule has 0 atom stereocenters. The number of halogens is 1. The maximum Gasteiger partial charge on any atom is 0.0858 e. The van der Waals surface area contributed by atoms with Crippen LogP contribution in [0.1, 0.15) is 5.69 Å². The van der Waals surface area contributed by atoms with Crippen LogP contribution in [0.3, 0.4) is 0 Å². The highest BCUT2D eigenvalue weighted by atomic mass is 35.5. The van der Waals surface area contributed by atoms with Gasteiger partial charge in [-0.2, -0.15) is 5.10 Å². The number of rotatable bonds is 5. The summed E-state index contributed by atoms with van der Waals surface area (Å²) in [6.07, 6.45) is 0. The second kappa shape index (κ2) is 5.69. The molecule has 0 aliphatic heterocycles. The first-order valence-electron chi connectivity index (χ1n) is 5.91. The lowest BCUT2D eigenvalue weighted by atomic mass is 10.2. The minimum absolute atomic E-state index is 0.717. The number of likely N-dealkylation sites (N-methyl/N-ethyl adjacent to an activating group) is 1. The largest absolute Gasteiger partial charge is 0.383 e. The van der Waals surface area contributed by atoms with Gasteiger partial charge in [0.25, 0.3) is 0 Å². The Bertz CT molecular complexity index is 538. The van der Waals surface area contributed by atoms with Crippen LogP contribution >= 0.6 is 11.6 Å². The van der Waals surface area contributed by atoms with E-state index in [-0.39, 0.29) is 0 Å². The predicted octanol–water partition coefficient (Wildman–Crippen LogP) is 2.30. The molecule has 2 aromatic rings. The molecule has 0 unspecified atom stereocenters. The van der Waals surface area contributed by atoms with Crippen molar-refractivity contribution >= 4 is 22.5 Å². The molecule has 0 aliphatic rings. The molecule has 4 nitrogen and oxygen atoms in total. The van der Waals surface area contributed by atoms with E-state index in [4.69, 9.17) is 16.3 Å². The molecule has 0 saturated carbocycles. The molecule has 0 radical (unpaired) electrons. The minimum Gasteiger partial charge on any atom is -0.383 e. The van der Waals surface area contributed by atoms with Gasteiger partial charge in [0.2, 0.25) is 0 Å². The highest BCUT2D eigenvalue weighted by Crippen LogP contribution is 2.26. The predicted molar refractivity (Wildman–Crippen MR) is 73.9 cm³/mol. The number of hydrogen-bond acceptors (Lipinski definition) is 3. The Morgan fingerprint density at radius 3 is 2.94 bits per heavy atom. The fourth-order valence-electron chi connectivity index (χ4n) is 2.05. The zero-order valence-electron chi connectivity index (χ0n) is 11.0. The van der Waals surface area contributed by atoms with Crippen molar-refractivity contribution in [3.63, 3.8) is 0 Å². The van der Waals surface area contributed by atoms with E-state index in [9.17, 15) is 0 Å². The molecule has 0 fully saturated rings. The second-order valence-electron chi connectivity index (χ2n) is 4.43. The average molecular weight is 268 g/mol. The molecule has 0 saturated heterocycles. The third-order valence-corrected chi connectivity index (χ3v) is 3.31. The summed E-state index contributed by atoms with van der Waals surface area (Å²) in [5.41, 5.74) is 2.08. The molecule has 0 spiro atoms. The molecule has 5 heteroatoms. The monoisotopic (exact) mass is 267 g/mol. The Balaban J connectivity index is 2.28. The van der Waals surface area contributed by atoms with Crippen LogP contribution in [0.15, 0.2) is 18.2 Å². The highest BCUT2D eigenvalue weighted by Gasteiger charge is 2.13. The summed E-state index contributed by atoms with van der Waals surface area (Å²) in [7, 11) is 5.70. The van der Waals surface area contributed by atoms with Gasteiger partial charge in [-0.25, -0.2) is 0 Å². The molecule has 0 bridgehead atoms. The van der Waals surface area contributed by atoms with Gasteiger partial charge in [-0.15, -0.1) is 0 Å². The minimum atomic E-state index is 0.717. The Kier molecular flexibility index (Phi) is 4.22. The number of aromatic nitrogens is 2. The first-order chi connectivity index (χ1) is 8.63. The van der Waals surface area contributed by atoms with Crippen molar-refractivity contribution in [3.05, 3.63) is 28.9 Å². The van der Waals surface area contributed by atoms with Gasteiger partial charge >= 0.3 is 0 Å². The Hall–Kier alpha value is -1.10. The van der Waals surface area contributed by atoms with Crippen molar-refractivity contribution < 1.29 is 4.74 Å². The van der Waals surface area contributed by atoms with Gasteiger partial charge in [-0.3, -0.25) is 9.58 Å². The smallest absolute Gasteiger partial charge is 0.0858 e. The Morgan fingerprint density at radius 1 is 1.44 bits per heavy atom. The van der Waals surface area contributed by atoms with Crippen LogP contribution in [0.5, 0.6) is 0 Å². The number of benzene rings is 1. The number of methoxy groups -OCH3 is 1. The second-order valence-corrected chi connectivity index (χ2v) is 4.84. The van der Waals surface area contributed by atoms with Crippen LogP contribution in [0, 0.1) is 0 Å². The van der Waals surface area contributed by atoms with Crippen LogP contribution in [-0.4, -0.2) is 42.0 Å². The van der Waals surface area contributed by atoms with E-state index in [1.54, 1.807) is 7.11 Å². The van der Waals surface area contributed by atoms with Crippen molar-refractivity contribution in [3.8, 4) is 0 Å². The van der Waals surface area contributed by atoms with Gasteiger partial charge in [-0.1, -0.05) is 17.7 Å². The zero-order chi connectivity index (χ0) is 13.1. The summed E-state index contributed by atoms with van der Waals surface area (Å²) in [5, 5.41) is 6.36. The third-order valence-electron chi connectivity index (χ3n) is 3.00. The van der Waals surface area contributed by atoms with Gasteiger partial charge in [0.15, 0.2) is 0 Å². The number of fused-ring (bicyclic) bond motifs is 1. The first kappa shape index (κ1) is 13.3. The summed E-state index contributed by atoms with van der Waals surface area (Å²) < 4.78 is 6.95. The van der Waals surface area contributed by atoms with Gasteiger partial charge in [-0.05, 0) is 19.2 Å². The fourth-order valence-corrected chi connectivity index (χ4v) is 2.32. The van der Waals surface area contributed by atoms with E-state index in [0.29, 0.717) is 0 Å². The maximum absolute atomic E-state index is 6.27. The van der Waals surface area contributed by atoms with Gasteiger partial charge in [0.05, 0.1) is 22.8 Å². The number of nitrogens with zero attached hydrogens (tertiary/aromatic N) is 3. The van der Waals surface area contributed by atoms with Gasteiger partial charge in [0, 0.05) is 32.6 Å². The first-order valence-corrected chi connectivity index (χ1v) is 6.29. The SMILES string of the molecule is COCCN(C)Cc1nn(C)c2cccc(Cl)c12. The van der Waals surface area contributed by atoms with E-state index in [2.05, 4.69) is 17.0 Å². The summed E-state index contributed by atoms with van der Waals surface area (Å²) in [6, 6.07) is 5.89. The molecule has 1 heterocycles. The van der Waals surface area contributed by atoms with Crippen LogP contribution in [0.2, 0.25) is 5.02 Å². The average Bonchev–Trinajstić information content (AvgIpc) is 2.65. The number of aryl methyl sites for hydroxylation is 1. The molecule has 0 aliphatic carbocycles. The van der Waals surface area contributed by atoms with Crippen molar-refractivity contribution in [2.24, 2.45) is 7.05 Å². The highest BCUT2D eigenvalue weighted by molar-refractivity contribution is 6.35. The number of ether oxygens (including phenoxy) is 1. The maximum atomic E-state index is 6.27. The third kappa shape index (κ3) is 2.66. The van der Waals surface area contributed by atoms with Gasteiger partial charge in [0.1, 0.15) is 0 Å². The lowest BCUT2D eigenvalue weighted by molar-refractivity contribution is 0.158. The Morgan fingerprint density at radius 2 is 2.22 bits per heavy atom. The standard InChI is InChI=1S/C13H18ClN3O/c1-16(7-8-18-3)9-11-13-10(14)5-4-6-12(13)17(2)15-11/h4-6H,7-9H2,1-3H3. The van der Waals surface area contributed by atoms with Crippen molar-refractivity contribution in [1.29, 1.82) is 0 Å². The summed E-state index contributed by atoms with van der Waals surface area (Å²) in [4.78, 5) is 2.18. The quantitative estimate of drug-likeness (QED) is 0.833. The molecular formula is C13H18ClN3O. The van der Waals surface area contributed by atoms with Crippen molar-refractivity contribution in [2.45, 2.75) is 6.54 Å². The van der Waals surface area contributed by atoms with E-state index >= 15 is 0 Å². The van der Waals surface area contributed by atoms with Crippen molar-refractivity contribution in [1.82, 2.24) is 14.7 Å². The fraction of sp³-hybridized carbons (Fsp3) is 0.462. The summed E-state index contributed by atoms with van der Waals surface area (Å²) in [6.45, 7) is 2.36.